The van der Waals surface area contributed by atoms with E-state index in [1.807, 2.05) is 18.2 Å². The van der Waals surface area contributed by atoms with Crippen molar-refractivity contribution < 1.29 is 14.3 Å². The molecule has 0 fully saturated rings. The molecule has 2 N–H and O–H groups in total. The molecule has 158 valence electrons. The van der Waals surface area contributed by atoms with Crippen LogP contribution in [0.2, 0.25) is 0 Å². The third-order valence-electron chi connectivity index (χ3n) is 4.35. The van der Waals surface area contributed by atoms with E-state index in [2.05, 4.69) is 40.7 Å². The Kier molecular flexibility index (Phi) is 7.98. The second kappa shape index (κ2) is 10.9. The molecule has 8 heteroatoms. The number of esters is 1. The van der Waals surface area contributed by atoms with Crippen molar-refractivity contribution in [2.45, 2.75) is 46.3 Å². The molecule has 3 aromatic rings. The quantitative estimate of drug-likeness (QED) is 0.406. The van der Waals surface area contributed by atoms with Crippen molar-refractivity contribution in [3.8, 4) is 0 Å². The topological polar surface area (TPSA) is 80.3 Å². The molecule has 0 saturated heterocycles. The van der Waals surface area contributed by atoms with Crippen LogP contribution in [0.25, 0.3) is 0 Å². The lowest BCUT2D eigenvalue weighted by Crippen LogP contribution is -2.10. The van der Waals surface area contributed by atoms with Crippen molar-refractivity contribution in [2.75, 3.05) is 10.6 Å². The summed E-state index contributed by atoms with van der Waals surface area (Å²) in [6.07, 6.45) is 3.40. The number of carbonyl (C=O) groups excluding carboxylic acids is 2. The maximum Gasteiger partial charge on any atom is 0.303 e. The molecule has 1 aromatic carbocycles. The monoisotopic (exact) mass is 443 g/mol. The summed E-state index contributed by atoms with van der Waals surface area (Å²) in [6, 6.07) is 12.2. The molecule has 0 atom stereocenters. The van der Waals surface area contributed by atoms with Crippen LogP contribution in [0, 0.1) is 0 Å². The molecule has 1 amide bonds. The molecule has 0 aliphatic heterocycles. The summed E-state index contributed by atoms with van der Waals surface area (Å²) in [7, 11) is 0. The molecule has 6 nitrogen and oxygen atoms in total. The summed E-state index contributed by atoms with van der Waals surface area (Å²) >= 11 is 2.76. The first-order chi connectivity index (χ1) is 14.5. The fraction of sp³-hybridized carbons (Fsp3) is 0.318. The van der Waals surface area contributed by atoms with E-state index in [4.69, 9.17) is 4.74 Å². The summed E-state index contributed by atoms with van der Waals surface area (Å²) in [5.41, 5.74) is 3.08. The van der Waals surface area contributed by atoms with Crippen molar-refractivity contribution in [1.29, 1.82) is 0 Å². The fourth-order valence-corrected chi connectivity index (χ4v) is 4.35. The minimum atomic E-state index is -0.360. The minimum Gasteiger partial charge on any atom is -0.459 e. The van der Waals surface area contributed by atoms with Gasteiger partial charge in [0, 0.05) is 29.4 Å². The van der Waals surface area contributed by atoms with Gasteiger partial charge in [0.25, 0.3) is 5.91 Å². The van der Waals surface area contributed by atoms with Gasteiger partial charge < -0.3 is 10.1 Å². The van der Waals surface area contributed by atoms with Gasteiger partial charge in [0.15, 0.2) is 5.13 Å². The van der Waals surface area contributed by atoms with Crippen LogP contribution in [-0.2, 0) is 29.1 Å². The number of carbonyl (C=O) groups is 2. The third kappa shape index (κ3) is 6.40. The number of para-hydroxylation sites is 1. The van der Waals surface area contributed by atoms with Crippen LogP contribution in [-0.4, -0.2) is 16.9 Å². The summed E-state index contributed by atoms with van der Waals surface area (Å²) in [4.78, 5) is 29.4. The molecule has 0 radical (unpaired) electrons. The van der Waals surface area contributed by atoms with Crippen LogP contribution in [0.1, 0.15) is 52.5 Å². The van der Waals surface area contributed by atoms with Crippen LogP contribution in [0.15, 0.2) is 41.8 Å². The van der Waals surface area contributed by atoms with Gasteiger partial charge >= 0.3 is 5.97 Å². The Morgan fingerprint density at radius 3 is 2.80 bits per heavy atom. The second-order valence-electron chi connectivity index (χ2n) is 6.76. The van der Waals surface area contributed by atoms with Crippen molar-refractivity contribution in [3.63, 3.8) is 0 Å². The molecule has 30 heavy (non-hydrogen) atoms. The number of benzene rings is 1. The molecule has 0 unspecified atom stereocenters. The lowest BCUT2D eigenvalue weighted by atomic mass is 10.1. The highest BCUT2D eigenvalue weighted by Crippen LogP contribution is 2.23. The van der Waals surface area contributed by atoms with Gasteiger partial charge in [0.05, 0.1) is 10.6 Å². The Morgan fingerprint density at radius 1 is 1.17 bits per heavy atom. The van der Waals surface area contributed by atoms with E-state index in [9.17, 15) is 9.59 Å². The second-order valence-corrected chi connectivity index (χ2v) is 8.79. The zero-order valence-corrected chi connectivity index (χ0v) is 18.7. The first kappa shape index (κ1) is 22.0. The number of anilines is 2. The van der Waals surface area contributed by atoms with Gasteiger partial charge in [-0.05, 0) is 36.6 Å². The molecular weight excluding hydrogens is 418 g/mol. The van der Waals surface area contributed by atoms with E-state index in [-0.39, 0.29) is 18.5 Å². The van der Waals surface area contributed by atoms with Gasteiger partial charge in [-0.3, -0.25) is 14.9 Å². The first-order valence-corrected chi connectivity index (χ1v) is 11.5. The molecule has 0 bridgehead atoms. The number of aromatic nitrogens is 1. The summed E-state index contributed by atoms with van der Waals surface area (Å²) in [5, 5.41) is 8.55. The lowest BCUT2D eigenvalue weighted by molar-refractivity contribution is -0.142. The molecule has 0 spiro atoms. The van der Waals surface area contributed by atoms with Crippen LogP contribution < -0.4 is 10.6 Å². The average Bonchev–Trinajstić information content (AvgIpc) is 3.39. The number of thiophene rings is 1. The number of thiazole rings is 1. The predicted octanol–water partition coefficient (Wildman–Crippen LogP) is 5.47. The van der Waals surface area contributed by atoms with Crippen molar-refractivity contribution in [1.82, 2.24) is 4.98 Å². The SMILES string of the molecule is CCCCc1ccccc1NCc1ccc(C(=O)Nc2nc(COC(C)=O)cs2)s1. The van der Waals surface area contributed by atoms with Crippen LogP contribution in [0.4, 0.5) is 10.8 Å². The first-order valence-electron chi connectivity index (χ1n) is 9.84. The van der Waals surface area contributed by atoms with E-state index in [0.29, 0.717) is 22.2 Å². The van der Waals surface area contributed by atoms with E-state index in [1.54, 1.807) is 5.38 Å². The maximum atomic E-state index is 12.5. The Labute approximate surface area is 184 Å². The van der Waals surface area contributed by atoms with Gasteiger partial charge in [0.1, 0.15) is 6.61 Å². The fourth-order valence-electron chi connectivity index (χ4n) is 2.82. The largest absolute Gasteiger partial charge is 0.459 e. The maximum absolute atomic E-state index is 12.5. The highest BCUT2D eigenvalue weighted by molar-refractivity contribution is 7.15. The van der Waals surface area contributed by atoms with Gasteiger partial charge in [0.2, 0.25) is 0 Å². The normalized spacial score (nSPS) is 10.6. The molecule has 0 saturated carbocycles. The zero-order valence-electron chi connectivity index (χ0n) is 17.1. The number of aryl methyl sites for hydroxylation is 1. The standard InChI is InChI=1S/C22H25N3O3S2/c1-3-4-7-16-8-5-6-9-19(16)23-12-18-10-11-20(30-18)21(27)25-22-24-17(14-29-22)13-28-15(2)26/h5-6,8-11,14,23H,3-4,7,12-13H2,1-2H3,(H,24,25,27). The molecule has 3 rings (SSSR count). The van der Waals surface area contributed by atoms with Crippen LogP contribution in [0.5, 0.6) is 0 Å². The van der Waals surface area contributed by atoms with E-state index < -0.39 is 0 Å². The van der Waals surface area contributed by atoms with Crippen molar-refractivity contribution in [3.05, 3.63) is 62.8 Å². The summed E-state index contributed by atoms with van der Waals surface area (Å²) in [6.45, 7) is 4.32. The number of hydrogen-bond acceptors (Lipinski definition) is 7. The molecule has 2 heterocycles. The predicted molar refractivity (Wildman–Crippen MR) is 122 cm³/mol. The number of ether oxygens (including phenoxy) is 1. The summed E-state index contributed by atoms with van der Waals surface area (Å²) < 4.78 is 4.92. The highest BCUT2D eigenvalue weighted by Gasteiger charge is 2.12. The lowest BCUT2D eigenvalue weighted by Gasteiger charge is -2.11. The number of hydrogen-bond donors (Lipinski definition) is 2. The van der Waals surface area contributed by atoms with E-state index in [0.717, 1.165) is 17.0 Å². The van der Waals surface area contributed by atoms with Gasteiger partial charge in [-0.2, -0.15) is 0 Å². The van der Waals surface area contributed by atoms with Crippen LogP contribution >= 0.6 is 22.7 Å². The highest BCUT2D eigenvalue weighted by atomic mass is 32.1. The Balaban J connectivity index is 1.55. The molecule has 0 aliphatic rings. The third-order valence-corrected chi connectivity index (χ3v) is 6.24. The van der Waals surface area contributed by atoms with Gasteiger partial charge in [-0.1, -0.05) is 31.5 Å². The number of rotatable bonds is 10. The number of amides is 1. The smallest absolute Gasteiger partial charge is 0.303 e. The Bertz CT molecular complexity index is 997. The molecule has 2 aromatic heterocycles. The van der Waals surface area contributed by atoms with Crippen LogP contribution in [0.3, 0.4) is 0 Å². The van der Waals surface area contributed by atoms with E-state index in [1.165, 1.54) is 48.0 Å². The van der Waals surface area contributed by atoms with Gasteiger partial charge in [-0.25, -0.2) is 4.98 Å². The zero-order chi connectivity index (χ0) is 21.3. The number of nitrogens with one attached hydrogen (secondary N) is 2. The Morgan fingerprint density at radius 2 is 2.00 bits per heavy atom. The Hall–Kier alpha value is -2.71. The number of nitrogens with zero attached hydrogens (tertiary/aromatic N) is 1. The number of unbranched alkanes of at least 4 members (excludes halogenated alkanes) is 1. The average molecular weight is 444 g/mol. The van der Waals surface area contributed by atoms with Gasteiger partial charge in [-0.15, -0.1) is 22.7 Å². The molecule has 0 aliphatic carbocycles. The van der Waals surface area contributed by atoms with Crippen molar-refractivity contribution >= 4 is 45.4 Å². The minimum absolute atomic E-state index is 0.107. The molecular formula is C22H25N3O3S2. The summed E-state index contributed by atoms with van der Waals surface area (Å²) in [5.74, 6) is -0.552. The van der Waals surface area contributed by atoms with E-state index >= 15 is 0 Å². The van der Waals surface area contributed by atoms with Crippen molar-refractivity contribution in [2.24, 2.45) is 0 Å².